The van der Waals surface area contributed by atoms with Crippen molar-refractivity contribution >= 4 is 11.8 Å². The summed E-state index contributed by atoms with van der Waals surface area (Å²) in [6.45, 7) is 3.43. The van der Waals surface area contributed by atoms with Crippen molar-refractivity contribution in [2.45, 2.75) is 13.8 Å². The standard InChI is InChI=1S/C20H22O6/c1-12-6-7-14(13(2)10-12)16(21)11-26-20(22)15-8-9-17(23-3)19(25-5)18(15)24-4/h6-10H,11H2,1-5H3. The molecule has 0 radical (unpaired) electrons. The van der Waals surface area contributed by atoms with E-state index in [-0.39, 0.29) is 29.5 Å². The molecule has 0 aromatic heterocycles. The molecule has 0 bridgehead atoms. The Morgan fingerprint density at radius 3 is 2.08 bits per heavy atom. The van der Waals surface area contributed by atoms with Gasteiger partial charge in [0.25, 0.3) is 0 Å². The number of hydrogen-bond acceptors (Lipinski definition) is 6. The summed E-state index contributed by atoms with van der Waals surface area (Å²) in [5.74, 6) is -0.0514. The van der Waals surface area contributed by atoms with Crippen LogP contribution in [-0.2, 0) is 4.74 Å². The van der Waals surface area contributed by atoms with Crippen LogP contribution in [0.15, 0.2) is 30.3 Å². The number of benzene rings is 2. The van der Waals surface area contributed by atoms with E-state index < -0.39 is 5.97 Å². The Morgan fingerprint density at radius 2 is 1.50 bits per heavy atom. The number of esters is 1. The summed E-state index contributed by atoms with van der Waals surface area (Å²) < 4.78 is 20.9. The van der Waals surface area contributed by atoms with Crippen molar-refractivity contribution in [2.24, 2.45) is 0 Å². The molecule has 2 rings (SSSR count). The number of methoxy groups -OCH3 is 3. The van der Waals surface area contributed by atoms with Gasteiger partial charge in [0.05, 0.1) is 21.3 Å². The monoisotopic (exact) mass is 358 g/mol. The molecule has 0 saturated carbocycles. The van der Waals surface area contributed by atoms with E-state index in [1.807, 2.05) is 26.0 Å². The fourth-order valence-corrected chi connectivity index (χ4v) is 2.68. The lowest BCUT2D eigenvalue weighted by Crippen LogP contribution is -2.16. The summed E-state index contributed by atoms with van der Waals surface area (Å²) in [7, 11) is 4.34. The highest BCUT2D eigenvalue weighted by Crippen LogP contribution is 2.39. The van der Waals surface area contributed by atoms with Gasteiger partial charge in [0, 0.05) is 5.56 Å². The molecule has 0 fully saturated rings. The van der Waals surface area contributed by atoms with Gasteiger partial charge in [0.2, 0.25) is 11.5 Å². The average molecular weight is 358 g/mol. The van der Waals surface area contributed by atoms with Crippen molar-refractivity contribution < 1.29 is 28.5 Å². The van der Waals surface area contributed by atoms with E-state index in [1.54, 1.807) is 12.1 Å². The smallest absolute Gasteiger partial charge is 0.342 e. The van der Waals surface area contributed by atoms with E-state index in [4.69, 9.17) is 18.9 Å². The number of carbonyl (C=O) groups excluding carboxylic acids is 2. The van der Waals surface area contributed by atoms with Gasteiger partial charge in [-0.2, -0.15) is 0 Å². The van der Waals surface area contributed by atoms with Crippen molar-refractivity contribution in [3.63, 3.8) is 0 Å². The Labute approximate surface area is 152 Å². The number of Topliss-reactive ketones (excluding diaryl/α,β-unsaturated/α-hetero) is 1. The summed E-state index contributed by atoms with van der Waals surface area (Å²) in [5, 5.41) is 0. The number of carbonyl (C=O) groups is 2. The minimum atomic E-state index is -0.680. The minimum Gasteiger partial charge on any atom is -0.493 e. The first-order valence-electron chi connectivity index (χ1n) is 7.99. The normalized spacial score (nSPS) is 10.2. The van der Waals surface area contributed by atoms with Crippen molar-refractivity contribution in [3.05, 3.63) is 52.6 Å². The van der Waals surface area contributed by atoms with Crippen LogP contribution in [0.5, 0.6) is 17.2 Å². The zero-order chi connectivity index (χ0) is 19.3. The van der Waals surface area contributed by atoms with Gasteiger partial charge in [-0.15, -0.1) is 0 Å². The second kappa shape index (κ2) is 8.38. The Kier molecular flexibility index (Phi) is 6.22. The second-order valence-corrected chi connectivity index (χ2v) is 5.70. The zero-order valence-corrected chi connectivity index (χ0v) is 15.5. The van der Waals surface area contributed by atoms with Crippen LogP contribution in [0.3, 0.4) is 0 Å². The molecule has 0 N–H and O–H groups in total. The maximum absolute atomic E-state index is 12.4. The number of ketones is 1. The molecule has 0 unspecified atom stereocenters. The third-order valence-corrected chi connectivity index (χ3v) is 3.94. The number of ether oxygens (including phenoxy) is 4. The summed E-state index contributed by atoms with van der Waals surface area (Å²) in [5.41, 5.74) is 2.59. The first-order valence-corrected chi connectivity index (χ1v) is 7.99. The maximum atomic E-state index is 12.4. The lowest BCUT2D eigenvalue weighted by molar-refractivity contribution is 0.0470. The summed E-state index contributed by atoms with van der Waals surface area (Å²) in [6, 6.07) is 8.57. The largest absolute Gasteiger partial charge is 0.493 e. The van der Waals surface area contributed by atoms with Crippen LogP contribution >= 0.6 is 0 Å². The quantitative estimate of drug-likeness (QED) is 0.558. The summed E-state index contributed by atoms with van der Waals surface area (Å²) in [6.07, 6.45) is 0. The Bertz CT molecular complexity index is 825. The fraction of sp³-hybridized carbons (Fsp3) is 0.300. The van der Waals surface area contributed by atoms with Gasteiger partial charge in [-0.3, -0.25) is 4.79 Å². The van der Waals surface area contributed by atoms with Crippen molar-refractivity contribution in [1.82, 2.24) is 0 Å². The van der Waals surface area contributed by atoms with E-state index >= 15 is 0 Å². The Morgan fingerprint density at radius 1 is 0.846 bits per heavy atom. The zero-order valence-electron chi connectivity index (χ0n) is 15.5. The van der Waals surface area contributed by atoms with Crippen LogP contribution in [-0.4, -0.2) is 39.7 Å². The highest BCUT2D eigenvalue weighted by atomic mass is 16.5. The molecule has 0 saturated heterocycles. The van der Waals surface area contributed by atoms with Crippen LogP contribution in [0.25, 0.3) is 0 Å². The van der Waals surface area contributed by atoms with Gasteiger partial charge in [-0.05, 0) is 31.5 Å². The first kappa shape index (κ1) is 19.3. The molecular weight excluding hydrogens is 336 g/mol. The molecule has 6 heteroatoms. The van der Waals surface area contributed by atoms with Gasteiger partial charge in [0.1, 0.15) is 5.56 Å². The van der Waals surface area contributed by atoms with Crippen molar-refractivity contribution in [1.29, 1.82) is 0 Å². The lowest BCUT2D eigenvalue weighted by Gasteiger charge is -2.15. The van der Waals surface area contributed by atoms with Crippen LogP contribution in [0, 0.1) is 13.8 Å². The minimum absolute atomic E-state index is 0.151. The third kappa shape index (κ3) is 3.96. The van der Waals surface area contributed by atoms with E-state index in [2.05, 4.69) is 0 Å². The SMILES string of the molecule is COc1ccc(C(=O)OCC(=O)c2ccc(C)cc2C)c(OC)c1OC. The highest BCUT2D eigenvalue weighted by Gasteiger charge is 2.22. The number of hydrogen-bond donors (Lipinski definition) is 0. The van der Waals surface area contributed by atoms with E-state index in [1.165, 1.54) is 27.4 Å². The molecule has 0 aliphatic heterocycles. The van der Waals surface area contributed by atoms with Gasteiger partial charge in [-0.25, -0.2) is 4.79 Å². The van der Waals surface area contributed by atoms with E-state index in [0.717, 1.165) is 11.1 Å². The fourth-order valence-electron chi connectivity index (χ4n) is 2.68. The molecule has 0 atom stereocenters. The van der Waals surface area contributed by atoms with Crippen LogP contribution < -0.4 is 14.2 Å². The molecule has 26 heavy (non-hydrogen) atoms. The molecule has 6 nitrogen and oxygen atoms in total. The first-order chi connectivity index (χ1) is 12.4. The van der Waals surface area contributed by atoms with Crippen LogP contribution in [0.2, 0.25) is 0 Å². The molecule has 138 valence electrons. The van der Waals surface area contributed by atoms with Crippen molar-refractivity contribution in [3.8, 4) is 17.2 Å². The molecule has 2 aromatic carbocycles. The Hall–Kier alpha value is -3.02. The predicted octanol–water partition coefficient (Wildman–Crippen LogP) is 3.37. The molecule has 0 spiro atoms. The molecular formula is C20H22O6. The predicted molar refractivity (Wildman–Crippen MR) is 96.6 cm³/mol. The van der Waals surface area contributed by atoms with Gasteiger partial charge < -0.3 is 18.9 Å². The molecule has 2 aromatic rings. The van der Waals surface area contributed by atoms with E-state index in [9.17, 15) is 9.59 Å². The summed E-state index contributed by atoms with van der Waals surface area (Å²) in [4.78, 5) is 24.8. The van der Waals surface area contributed by atoms with Crippen molar-refractivity contribution in [2.75, 3.05) is 27.9 Å². The molecule has 0 aliphatic rings. The lowest BCUT2D eigenvalue weighted by atomic mass is 10.0. The number of rotatable bonds is 7. The average Bonchev–Trinajstić information content (AvgIpc) is 2.64. The summed E-state index contributed by atoms with van der Waals surface area (Å²) >= 11 is 0. The molecule has 0 amide bonds. The topological polar surface area (TPSA) is 71.1 Å². The van der Waals surface area contributed by atoms with Gasteiger partial charge in [-0.1, -0.05) is 23.8 Å². The third-order valence-electron chi connectivity index (χ3n) is 3.94. The highest BCUT2D eigenvalue weighted by molar-refractivity contribution is 6.01. The number of aryl methyl sites for hydroxylation is 2. The second-order valence-electron chi connectivity index (χ2n) is 5.70. The van der Waals surface area contributed by atoms with Crippen LogP contribution in [0.4, 0.5) is 0 Å². The maximum Gasteiger partial charge on any atom is 0.342 e. The Balaban J connectivity index is 2.18. The van der Waals surface area contributed by atoms with Gasteiger partial charge >= 0.3 is 5.97 Å². The van der Waals surface area contributed by atoms with E-state index in [0.29, 0.717) is 11.3 Å². The molecule has 0 heterocycles. The van der Waals surface area contributed by atoms with Crippen LogP contribution in [0.1, 0.15) is 31.8 Å². The van der Waals surface area contributed by atoms with Gasteiger partial charge in [0.15, 0.2) is 18.1 Å². The molecule has 0 aliphatic carbocycles.